The molecule has 3 rings (SSSR count). The highest BCUT2D eigenvalue weighted by Crippen LogP contribution is 2.27. The summed E-state index contributed by atoms with van der Waals surface area (Å²) < 4.78 is 0. The van der Waals surface area contributed by atoms with Gasteiger partial charge in [-0.2, -0.15) is 0 Å². The normalized spacial score (nSPS) is 22.5. The van der Waals surface area contributed by atoms with Crippen LogP contribution >= 0.6 is 0 Å². The summed E-state index contributed by atoms with van der Waals surface area (Å²) in [6.07, 6.45) is 6.53. The van der Waals surface area contributed by atoms with Gasteiger partial charge in [-0.15, -0.1) is 0 Å². The van der Waals surface area contributed by atoms with Gasteiger partial charge in [0.25, 0.3) is 0 Å². The van der Waals surface area contributed by atoms with E-state index in [1.807, 2.05) is 0 Å². The quantitative estimate of drug-likeness (QED) is 0.876. The molecular weight excluding hydrogens is 282 g/mol. The van der Waals surface area contributed by atoms with Crippen LogP contribution in [-0.4, -0.2) is 48.6 Å². The fraction of sp³-hybridized carbons (Fsp3) is 0.700. The first-order valence-corrected chi connectivity index (χ1v) is 9.50. The molecule has 23 heavy (non-hydrogen) atoms. The molecule has 2 saturated heterocycles. The molecule has 3 heteroatoms. The Morgan fingerprint density at radius 3 is 2.22 bits per heavy atom. The van der Waals surface area contributed by atoms with E-state index in [0.717, 1.165) is 31.5 Å². The molecule has 2 aliphatic heterocycles. The number of hydrogen-bond acceptors (Lipinski definition) is 3. The van der Waals surface area contributed by atoms with Crippen molar-refractivity contribution in [3.8, 4) is 0 Å². The minimum absolute atomic E-state index is 0.738. The maximum Gasteiger partial charge on any atom is 0.0233 e. The Morgan fingerprint density at radius 1 is 1.00 bits per heavy atom. The molecule has 1 aromatic carbocycles. The Bertz CT molecular complexity index is 456. The van der Waals surface area contributed by atoms with Crippen LogP contribution in [0.5, 0.6) is 0 Å². The van der Waals surface area contributed by atoms with Gasteiger partial charge in [-0.05, 0) is 88.8 Å². The summed E-state index contributed by atoms with van der Waals surface area (Å²) in [5.74, 6) is 0.899. The van der Waals surface area contributed by atoms with Gasteiger partial charge in [0.2, 0.25) is 0 Å². The summed E-state index contributed by atoms with van der Waals surface area (Å²) in [5, 5.41) is 0. The first-order chi connectivity index (χ1) is 11.3. The molecule has 2 fully saturated rings. The molecule has 1 unspecified atom stereocenters. The second-order valence-corrected chi connectivity index (χ2v) is 7.45. The van der Waals surface area contributed by atoms with Crippen molar-refractivity contribution in [2.24, 2.45) is 11.7 Å². The van der Waals surface area contributed by atoms with E-state index >= 15 is 0 Å². The number of benzene rings is 1. The van der Waals surface area contributed by atoms with Crippen molar-refractivity contribution in [2.75, 3.05) is 32.7 Å². The second kappa shape index (κ2) is 8.27. The summed E-state index contributed by atoms with van der Waals surface area (Å²) in [5.41, 5.74) is 8.42. The van der Waals surface area contributed by atoms with Gasteiger partial charge >= 0.3 is 0 Å². The standard InChI is InChI=1S/C20H33N3/c1-17(23-12-2-3-13-23)20-9-14-22(15-10-20)16-19-6-4-18(5-7-19)8-11-21/h4-7,17,20H,2-3,8-16,21H2,1H3. The summed E-state index contributed by atoms with van der Waals surface area (Å²) in [6, 6.07) is 9.83. The molecule has 0 bridgehead atoms. The van der Waals surface area contributed by atoms with Crippen molar-refractivity contribution < 1.29 is 0 Å². The first kappa shape index (κ1) is 16.9. The molecule has 2 N–H and O–H groups in total. The number of nitrogens with two attached hydrogens (primary N) is 1. The minimum atomic E-state index is 0.738. The van der Waals surface area contributed by atoms with Gasteiger partial charge in [-0.1, -0.05) is 24.3 Å². The van der Waals surface area contributed by atoms with E-state index in [-0.39, 0.29) is 0 Å². The van der Waals surface area contributed by atoms with Gasteiger partial charge in [0, 0.05) is 12.6 Å². The van der Waals surface area contributed by atoms with Crippen LogP contribution in [0.1, 0.15) is 43.7 Å². The fourth-order valence-electron chi connectivity index (χ4n) is 4.28. The van der Waals surface area contributed by atoms with Crippen molar-refractivity contribution >= 4 is 0 Å². The lowest BCUT2D eigenvalue weighted by molar-refractivity contribution is 0.108. The van der Waals surface area contributed by atoms with Gasteiger partial charge < -0.3 is 10.6 Å². The lowest BCUT2D eigenvalue weighted by Crippen LogP contribution is -2.42. The highest BCUT2D eigenvalue weighted by molar-refractivity contribution is 5.22. The molecule has 0 aromatic heterocycles. The van der Waals surface area contributed by atoms with Crippen molar-refractivity contribution in [1.82, 2.24) is 9.80 Å². The third-order valence-corrected chi connectivity index (χ3v) is 5.89. The summed E-state index contributed by atoms with van der Waals surface area (Å²) in [4.78, 5) is 5.35. The Morgan fingerprint density at radius 2 is 1.61 bits per heavy atom. The highest BCUT2D eigenvalue weighted by atomic mass is 15.2. The molecule has 3 nitrogen and oxygen atoms in total. The first-order valence-electron chi connectivity index (χ1n) is 9.50. The van der Waals surface area contributed by atoms with Crippen molar-refractivity contribution in [3.05, 3.63) is 35.4 Å². The number of rotatable bonds is 6. The lowest BCUT2D eigenvalue weighted by atomic mass is 9.89. The van der Waals surface area contributed by atoms with E-state index in [0.29, 0.717) is 0 Å². The number of nitrogens with zero attached hydrogens (tertiary/aromatic N) is 2. The maximum atomic E-state index is 5.62. The third kappa shape index (κ3) is 4.56. The van der Waals surface area contributed by atoms with E-state index in [1.54, 1.807) is 0 Å². The molecule has 2 heterocycles. The van der Waals surface area contributed by atoms with Crippen LogP contribution < -0.4 is 5.73 Å². The summed E-state index contributed by atoms with van der Waals surface area (Å²) in [7, 11) is 0. The summed E-state index contributed by atoms with van der Waals surface area (Å²) in [6.45, 7) is 9.48. The zero-order valence-corrected chi connectivity index (χ0v) is 14.7. The van der Waals surface area contributed by atoms with E-state index < -0.39 is 0 Å². The number of piperidine rings is 1. The topological polar surface area (TPSA) is 32.5 Å². The largest absolute Gasteiger partial charge is 0.330 e. The van der Waals surface area contributed by atoms with E-state index in [9.17, 15) is 0 Å². The Kier molecular flexibility index (Phi) is 6.09. The minimum Gasteiger partial charge on any atom is -0.330 e. The van der Waals surface area contributed by atoms with Gasteiger partial charge in [0.1, 0.15) is 0 Å². The van der Waals surface area contributed by atoms with Crippen LogP contribution in [0, 0.1) is 5.92 Å². The Labute approximate surface area is 141 Å². The molecule has 0 aliphatic carbocycles. The van der Waals surface area contributed by atoms with Crippen LogP contribution in [-0.2, 0) is 13.0 Å². The van der Waals surface area contributed by atoms with Crippen molar-refractivity contribution in [3.63, 3.8) is 0 Å². The van der Waals surface area contributed by atoms with E-state index in [1.165, 1.54) is 63.0 Å². The SMILES string of the molecule is CC(C1CCN(Cc2ccc(CCN)cc2)CC1)N1CCCC1. The maximum absolute atomic E-state index is 5.62. The van der Waals surface area contributed by atoms with Crippen molar-refractivity contribution in [1.29, 1.82) is 0 Å². The second-order valence-electron chi connectivity index (χ2n) is 7.45. The zero-order valence-electron chi connectivity index (χ0n) is 14.7. The van der Waals surface area contributed by atoms with E-state index in [4.69, 9.17) is 5.73 Å². The molecule has 1 atom stereocenters. The molecule has 0 radical (unpaired) electrons. The number of likely N-dealkylation sites (tertiary alicyclic amines) is 2. The predicted molar refractivity (Wildman–Crippen MR) is 97.5 cm³/mol. The van der Waals surface area contributed by atoms with Gasteiger partial charge in [-0.25, -0.2) is 0 Å². The molecule has 1 aromatic rings. The third-order valence-electron chi connectivity index (χ3n) is 5.89. The number of hydrogen-bond donors (Lipinski definition) is 1. The zero-order chi connectivity index (χ0) is 16.1. The molecule has 0 spiro atoms. The summed E-state index contributed by atoms with van der Waals surface area (Å²) >= 11 is 0. The molecule has 0 amide bonds. The van der Waals surface area contributed by atoms with Crippen LogP contribution in [0.2, 0.25) is 0 Å². The molecule has 2 aliphatic rings. The average molecular weight is 316 g/mol. The van der Waals surface area contributed by atoms with Crippen molar-refractivity contribution in [2.45, 2.75) is 51.6 Å². The van der Waals surface area contributed by atoms with Crippen LogP contribution in [0.15, 0.2) is 24.3 Å². The smallest absolute Gasteiger partial charge is 0.0233 e. The molecular formula is C20H33N3. The molecule has 128 valence electrons. The predicted octanol–water partition coefficient (Wildman–Crippen LogP) is 2.88. The van der Waals surface area contributed by atoms with E-state index in [2.05, 4.69) is 41.0 Å². The van der Waals surface area contributed by atoms with Crippen LogP contribution in [0.3, 0.4) is 0 Å². The molecule has 0 saturated carbocycles. The van der Waals surface area contributed by atoms with Gasteiger partial charge in [-0.3, -0.25) is 4.90 Å². The Balaban J connectivity index is 1.45. The van der Waals surface area contributed by atoms with Crippen LogP contribution in [0.4, 0.5) is 0 Å². The van der Waals surface area contributed by atoms with Gasteiger partial charge in [0.05, 0.1) is 0 Å². The van der Waals surface area contributed by atoms with Gasteiger partial charge in [0.15, 0.2) is 0 Å². The highest BCUT2D eigenvalue weighted by Gasteiger charge is 2.28. The van der Waals surface area contributed by atoms with Crippen LogP contribution in [0.25, 0.3) is 0 Å². The average Bonchev–Trinajstić information content (AvgIpc) is 3.11. The lowest BCUT2D eigenvalue weighted by Gasteiger charge is -2.38. The fourth-order valence-corrected chi connectivity index (χ4v) is 4.28. The Hall–Kier alpha value is -0.900. The monoisotopic (exact) mass is 315 g/mol.